The quantitative estimate of drug-likeness (QED) is 0.894. The van der Waals surface area contributed by atoms with E-state index in [2.05, 4.69) is 5.32 Å². The Labute approximate surface area is 137 Å². The van der Waals surface area contributed by atoms with Crippen LogP contribution in [0.5, 0.6) is 0 Å². The number of halogens is 3. The van der Waals surface area contributed by atoms with Gasteiger partial charge in [-0.25, -0.2) is 0 Å². The minimum Gasteiger partial charge on any atom is -0.377 e. The summed E-state index contributed by atoms with van der Waals surface area (Å²) >= 11 is 0. The maximum Gasteiger partial charge on any atom is 0.406 e. The second kappa shape index (κ2) is 7.21. The summed E-state index contributed by atoms with van der Waals surface area (Å²) in [6.07, 6.45) is -4.83. The number of amides is 2. The molecule has 0 bridgehead atoms. The molecule has 0 spiro atoms. The number of likely N-dealkylation sites (tertiary alicyclic amines) is 1. The topological polar surface area (TPSA) is 58.6 Å². The van der Waals surface area contributed by atoms with Gasteiger partial charge in [0.25, 0.3) is 0 Å². The number of anilines is 1. The average molecular weight is 344 g/mol. The number of carbonyl (C=O) groups is 2. The van der Waals surface area contributed by atoms with Crippen molar-refractivity contribution < 1.29 is 27.5 Å². The SMILES string of the molecule is COC(C)c1cccc(NC(=O)C2CC(=O)N(CC(F)(F)F)C2)c1. The van der Waals surface area contributed by atoms with E-state index in [4.69, 9.17) is 4.74 Å². The summed E-state index contributed by atoms with van der Waals surface area (Å²) in [5.41, 5.74) is 1.37. The van der Waals surface area contributed by atoms with Gasteiger partial charge in [0.05, 0.1) is 12.0 Å². The van der Waals surface area contributed by atoms with E-state index in [1.54, 1.807) is 25.3 Å². The van der Waals surface area contributed by atoms with Crippen LogP contribution < -0.4 is 5.32 Å². The molecule has 0 aromatic heterocycles. The van der Waals surface area contributed by atoms with E-state index in [0.29, 0.717) is 10.6 Å². The predicted octanol–water partition coefficient (Wildman–Crippen LogP) is 2.74. The van der Waals surface area contributed by atoms with Crippen LogP contribution in [0.15, 0.2) is 24.3 Å². The highest BCUT2D eigenvalue weighted by atomic mass is 19.4. The van der Waals surface area contributed by atoms with Gasteiger partial charge in [0.1, 0.15) is 6.54 Å². The van der Waals surface area contributed by atoms with Crippen LogP contribution >= 0.6 is 0 Å². The van der Waals surface area contributed by atoms with Crippen LogP contribution in [0.2, 0.25) is 0 Å². The van der Waals surface area contributed by atoms with Gasteiger partial charge in [-0.2, -0.15) is 13.2 Å². The molecule has 0 aliphatic carbocycles. The monoisotopic (exact) mass is 344 g/mol. The van der Waals surface area contributed by atoms with Gasteiger partial charge in [-0.05, 0) is 24.6 Å². The third-order valence-electron chi connectivity index (χ3n) is 3.93. The van der Waals surface area contributed by atoms with Crippen LogP contribution in [-0.2, 0) is 14.3 Å². The van der Waals surface area contributed by atoms with Crippen molar-refractivity contribution in [2.24, 2.45) is 5.92 Å². The lowest BCUT2D eigenvalue weighted by Gasteiger charge is -2.18. The second-order valence-electron chi connectivity index (χ2n) is 5.78. The standard InChI is InChI=1S/C16H19F3N2O3/c1-10(24-2)11-4-3-5-13(6-11)20-15(23)12-7-14(22)21(8-12)9-16(17,18)19/h3-6,10,12H,7-9H2,1-2H3,(H,20,23). The summed E-state index contributed by atoms with van der Waals surface area (Å²) in [5, 5.41) is 2.65. The van der Waals surface area contributed by atoms with Crippen LogP contribution in [0.3, 0.4) is 0 Å². The Balaban J connectivity index is 1.99. The van der Waals surface area contributed by atoms with Crippen molar-refractivity contribution in [3.05, 3.63) is 29.8 Å². The fraction of sp³-hybridized carbons (Fsp3) is 0.500. The zero-order valence-corrected chi connectivity index (χ0v) is 13.4. The number of alkyl halides is 3. The van der Waals surface area contributed by atoms with E-state index in [0.717, 1.165) is 5.56 Å². The first-order valence-corrected chi connectivity index (χ1v) is 7.47. The Morgan fingerprint density at radius 3 is 2.79 bits per heavy atom. The number of benzene rings is 1. The predicted molar refractivity (Wildman–Crippen MR) is 81.2 cm³/mol. The fourth-order valence-electron chi connectivity index (χ4n) is 2.57. The molecule has 1 saturated heterocycles. The lowest BCUT2D eigenvalue weighted by atomic mass is 10.1. The number of nitrogens with zero attached hydrogens (tertiary/aromatic N) is 1. The van der Waals surface area contributed by atoms with Crippen LogP contribution in [0.1, 0.15) is 25.0 Å². The molecule has 0 radical (unpaired) electrons. The number of carbonyl (C=O) groups excluding carboxylic acids is 2. The molecule has 5 nitrogen and oxygen atoms in total. The highest BCUT2D eigenvalue weighted by Crippen LogP contribution is 2.25. The summed E-state index contributed by atoms with van der Waals surface area (Å²) in [7, 11) is 1.56. The number of nitrogens with one attached hydrogen (secondary N) is 1. The molecule has 24 heavy (non-hydrogen) atoms. The fourth-order valence-corrected chi connectivity index (χ4v) is 2.57. The van der Waals surface area contributed by atoms with Gasteiger partial charge in [-0.15, -0.1) is 0 Å². The Bertz CT molecular complexity index is 619. The summed E-state index contributed by atoms with van der Waals surface area (Å²) in [5.74, 6) is -1.91. The minimum absolute atomic E-state index is 0.155. The van der Waals surface area contributed by atoms with Gasteiger partial charge in [0, 0.05) is 25.8 Å². The van der Waals surface area contributed by atoms with Gasteiger partial charge < -0.3 is 15.0 Å². The molecular weight excluding hydrogens is 325 g/mol. The molecule has 1 fully saturated rings. The second-order valence-corrected chi connectivity index (χ2v) is 5.78. The maximum absolute atomic E-state index is 12.4. The summed E-state index contributed by atoms with van der Waals surface area (Å²) < 4.78 is 42.4. The molecular formula is C16H19F3N2O3. The van der Waals surface area contributed by atoms with Crippen molar-refractivity contribution >= 4 is 17.5 Å². The zero-order chi connectivity index (χ0) is 17.9. The van der Waals surface area contributed by atoms with E-state index >= 15 is 0 Å². The van der Waals surface area contributed by atoms with E-state index in [1.807, 2.05) is 13.0 Å². The summed E-state index contributed by atoms with van der Waals surface area (Å²) in [6, 6.07) is 6.99. The lowest BCUT2D eigenvalue weighted by Crippen LogP contribution is -2.36. The van der Waals surface area contributed by atoms with E-state index in [9.17, 15) is 22.8 Å². The third-order valence-corrected chi connectivity index (χ3v) is 3.93. The van der Waals surface area contributed by atoms with E-state index in [-0.39, 0.29) is 19.1 Å². The molecule has 2 rings (SSSR count). The number of rotatable bonds is 5. The Hall–Kier alpha value is -2.09. The molecule has 132 valence electrons. The number of methoxy groups -OCH3 is 1. The van der Waals surface area contributed by atoms with Gasteiger partial charge in [-0.1, -0.05) is 12.1 Å². The van der Waals surface area contributed by atoms with Crippen molar-refractivity contribution in [2.75, 3.05) is 25.5 Å². The Morgan fingerprint density at radius 1 is 1.46 bits per heavy atom. The first kappa shape index (κ1) is 18.3. The molecule has 1 N–H and O–H groups in total. The molecule has 0 saturated carbocycles. The van der Waals surface area contributed by atoms with Crippen molar-refractivity contribution in [1.82, 2.24) is 4.90 Å². The normalized spacial score (nSPS) is 19.5. The largest absolute Gasteiger partial charge is 0.406 e. The zero-order valence-electron chi connectivity index (χ0n) is 13.4. The van der Waals surface area contributed by atoms with Crippen molar-refractivity contribution in [3.63, 3.8) is 0 Å². The lowest BCUT2D eigenvalue weighted by molar-refractivity contribution is -0.157. The molecule has 1 aromatic rings. The first-order chi connectivity index (χ1) is 11.2. The highest BCUT2D eigenvalue weighted by Gasteiger charge is 2.40. The molecule has 1 heterocycles. The number of hydrogen-bond acceptors (Lipinski definition) is 3. The highest BCUT2D eigenvalue weighted by molar-refractivity contribution is 5.97. The maximum atomic E-state index is 12.4. The van der Waals surface area contributed by atoms with Crippen LogP contribution in [-0.4, -0.2) is 43.1 Å². The molecule has 2 amide bonds. The van der Waals surface area contributed by atoms with Crippen LogP contribution in [0.4, 0.5) is 18.9 Å². The Morgan fingerprint density at radius 2 is 2.17 bits per heavy atom. The molecule has 2 atom stereocenters. The number of ether oxygens (including phenoxy) is 1. The number of hydrogen-bond donors (Lipinski definition) is 1. The smallest absolute Gasteiger partial charge is 0.377 e. The summed E-state index contributed by atoms with van der Waals surface area (Å²) in [6.45, 7) is 0.306. The molecule has 1 aromatic carbocycles. The Kier molecular flexibility index (Phi) is 5.48. The van der Waals surface area contributed by atoms with Crippen LogP contribution in [0.25, 0.3) is 0 Å². The van der Waals surface area contributed by atoms with E-state index < -0.39 is 30.5 Å². The van der Waals surface area contributed by atoms with Crippen molar-refractivity contribution in [3.8, 4) is 0 Å². The van der Waals surface area contributed by atoms with E-state index in [1.165, 1.54) is 0 Å². The molecule has 8 heteroatoms. The van der Waals surface area contributed by atoms with Crippen molar-refractivity contribution in [1.29, 1.82) is 0 Å². The molecule has 2 unspecified atom stereocenters. The minimum atomic E-state index is -4.47. The molecule has 1 aliphatic heterocycles. The summed E-state index contributed by atoms with van der Waals surface area (Å²) in [4.78, 5) is 24.5. The van der Waals surface area contributed by atoms with Gasteiger partial charge in [-0.3, -0.25) is 9.59 Å². The molecule has 1 aliphatic rings. The third kappa shape index (κ3) is 4.70. The van der Waals surface area contributed by atoms with Gasteiger partial charge >= 0.3 is 6.18 Å². The van der Waals surface area contributed by atoms with Gasteiger partial charge in [0.15, 0.2) is 0 Å². The average Bonchev–Trinajstić information content (AvgIpc) is 2.86. The first-order valence-electron chi connectivity index (χ1n) is 7.47. The van der Waals surface area contributed by atoms with Crippen molar-refractivity contribution in [2.45, 2.75) is 25.6 Å². The van der Waals surface area contributed by atoms with Crippen LogP contribution in [0, 0.1) is 5.92 Å². The van der Waals surface area contributed by atoms with Gasteiger partial charge in [0.2, 0.25) is 11.8 Å².